The normalized spacial score (nSPS) is 14.9. The summed E-state index contributed by atoms with van der Waals surface area (Å²) in [5.41, 5.74) is 4.03. The molecule has 0 spiro atoms. The van der Waals surface area contributed by atoms with Crippen LogP contribution in [0.15, 0.2) is 29.3 Å². The van der Waals surface area contributed by atoms with Gasteiger partial charge in [-0.1, -0.05) is 36.6 Å². The van der Waals surface area contributed by atoms with E-state index in [0.717, 1.165) is 53.3 Å². The molecule has 0 saturated heterocycles. The summed E-state index contributed by atoms with van der Waals surface area (Å²) in [6, 6.07) is 7.21. The number of halogens is 1. The van der Waals surface area contributed by atoms with Crippen molar-refractivity contribution in [1.82, 2.24) is 20.1 Å². The first-order valence-electron chi connectivity index (χ1n) is 11.6. The number of aliphatic imine (C=N–C) groups is 1. The first-order valence-corrected chi connectivity index (χ1v) is 12.8. The standard InChI is InChI=1S/C25H30ClN5O2S/c1-15-16(2)34-25-22(15)23(18-8-10-19(26)11-9-18)28-20(24-30-29-17(3)31(24)25)14-21(33)27-12-6-4-5-7-13-32/h8-11,20,32H,4-7,12-14H2,1-3H3,(H,27,33). The molecule has 9 heteroatoms. The molecule has 180 valence electrons. The minimum Gasteiger partial charge on any atom is -0.396 e. The molecule has 1 unspecified atom stereocenters. The Kier molecular flexibility index (Phi) is 7.80. The Morgan fingerprint density at radius 1 is 1.12 bits per heavy atom. The molecular weight excluding hydrogens is 470 g/mol. The number of aromatic nitrogens is 3. The molecule has 3 aromatic rings. The molecule has 0 bridgehead atoms. The maximum Gasteiger partial charge on any atom is 0.222 e. The molecule has 0 saturated carbocycles. The second kappa shape index (κ2) is 10.8. The molecular formula is C25H30ClN5O2S. The monoisotopic (exact) mass is 499 g/mol. The molecule has 34 heavy (non-hydrogen) atoms. The Morgan fingerprint density at radius 3 is 2.59 bits per heavy atom. The van der Waals surface area contributed by atoms with Gasteiger partial charge in [-0.3, -0.25) is 14.4 Å². The number of benzene rings is 1. The van der Waals surface area contributed by atoms with Crippen molar-refractivity contribution in [3.8, 4) is 5.00 Å². The van der Waals surface area contributed by atoms with Gasteiger partial charge in [-0.2, -0.15) is 0 Å². The quantitative estimate of drug-likeness (QED) is 0.411. The zero-order valence-electron chi connectivity index (χ0n) is 19.8. The average molecular weight is 500 g/mol. The molecule has 4 rings (SSSR count). The van der Waals surface area contributed by atoms with Crippen LogP contribution in [0.4, 0.5) is 0 Å². The van der Waals surface area contributed by atoms with E-state index in [4.69, 9.17) is 21.7 Å². The number of thiophene rings is 1. The molecule has 1 atom stereocenters. The van der Waals surface area contributed by atoms with Crippen LogP contribution in [-0.4, -0.2) is 44.6 Å². The van der Waals surface area contributed by atoms with Gasteiger partial charge in [0.25, 0.3) is 0 Å². The lowest BCUT2D eigenvalue weighted by atomic mass is 9.99. The van der Waals surface area contributed by atoms with Gasteiger partial charge in [0, 0.05) is 34.2 Å². The first kappa shape index (κ1) is 24.6. The Bertz CT molecular complexity index is 1200. The van der Waals surface area contributed by atoms with Crippen molar-refractivity contribution in [2.75, 3.05) is 13.2 Å². The van der Waals surface area contributed by atoms with E-state index < -0.39 is 6.04 Å². The molecule has 1 aliphatic heterocycles. The van der Waals surface area contributed by atoms with Crippen LogP contribution in [0.5, 0.6) is 0 Å². The zero-order valence-corrected chi connectivity index (χ0v) is 21.3. The third-order valence-electron chi connectivity index (χ3n) is 6.14. The highest BCUT2D eigenvalue weighted by atomic mass is 35.5. The topological polar surface area (TPSA) is 92.4 Å². The van der Waals surface area contributed by atoms with Gasteiger partial charge in [-0.15, -0.1) is 21.5 Å². The van der Waals surface area contributed by atoms with Crippen LogP contribution in [0.2, 0.25) is 5.02 Å². The van der Waals surface area contributed by atoms with E-state index in [1.807, 2.05) is 31.2 Å². The second-order valence-electron chi connectivity index (χ2n) is 8.60. The number of rotatable bonds is 9. The van der Waals surface area contributed by atoms with Gasteiger partial charge in [-0.25, -0.2) is 0 Å². The number of hydrogen-bond acceptors (Lipinski definition) is 6. The van der Waals surface area contributed by atoms with Crippen molar-refractivity contribution in [1.29, 1.82) is 0 Å². The number of carbonyl (C=O) groups is 1. The molecule has 7 nitrogen and oxygen atoms in total. The Balaban J connectivity index is 1.67. The Morgan fingerprint density at radius 2 is 1.85 bits per heavy atom. The molecule has 0 radical (unpaired) electrons. The van der Waals surface area contributed by atoms with Crippen molar-refractivity contribution in [3.63, 3.8) is 0 Å². The van der Waals surface area contributed by atoms with Crippen LogP contribution in [0.1, 0.15) is 71.4 Å². The molecule has 0 fully saturated rings. The third kappa shape index (κ3) is 5.09. The number of unbranched alkanes of at least 4 members (excludes halogenated alkanes) is 3. The van der Waals surface area contributed by atoms with Crippen molar-refractivity contribution >= 4 is 34.6 Å². The predicted molar refractivity (Wildman–Crippen MR) is 136 cm³/mol. The first-order chi connectivity index (χ1) is 16.4. The number of amides is 1. The second-order valence-corrected chi connectivity index (χ2v) is 10.2. The Labute approximate surface area is 208 Å². The van der Waals surface area contributed by atoms with Gasteiger partial charge < -0.3 is 10.4 Å². The average Bonchev–Trinajstić information content (AvgIpc) is 3.29. The highest BCUT2D eigenvalue weighted by molar-refractivity contribution is 7.15. The zero-order chi connectivity index (χ0) is 24.2. The lowest BCUT2D eigenvalue weighted by molar-refractivity contribution is -0.121. The molecule has 3 heterocycles. The van der Waals surface area contributed by atoms with Gasteiger partial charge in [-0.05, 0) is 51.3 Å². The van der Waals surface area contributed by atoms with Gasteiger partial charge in [0.05, 0.1) is 12.1 Å². The SMILES string of the molecule is Cc1sc2c(c1C)C(c1ccc(Cl)cc1)=NC(CC(=O)NCCCCCCO)c1nnc(C)n1-2. The van der Waals surface area contributed by atoms with Crippen LogP contribution >= 0.6 is 22.9 Å². The number of aliphatic hydroxyl groups excluding tert-OH is 1. The van der Waals surface area contributed by atoms with Crippen molar-refractivity contribution in [2.24, 2.45) is 4.99 Å². The number of nitrogens with zero attached hydrogens (tertiary/aromatic N) is 4. The minimum absolute atomic E-state index is 0.0586. The molecule has 1 aromatic carbocycles. The van der Waals surface area contributed by atoms with Crippen molar-refractivity contribution in [3.05, 3.63) is 62.5 Å². The smallest absolute Gasteiger partial charge is 0.222 e. The van der Waals surface area contributed by atoms with Crippen LogP contribution in [0.3, 0.4) is 0 Å². The molecule has 0 aliphatic carbocycles. The molecule has 2 aromatic heterocycles. The van der Waals surface area contributed by atoms with Crippen molar-refractivity contribution in [2.45, 2.75) is 58.9 Å². The number of carbonyl (C=O) groups excluding carboxylic acids is 1. The number of nitrogens with one attached hydrogen (secondary N) is 1. The van der Waals surface area contributed by atoms with Gasteiger partial charge in [0.1, 0.15) is 16.9 Å². The number of aryl methyl sites for hydroxylation is 2. The summed E-state index contributed by atoms with van der Waals surface area (Å²) < 4.78 is 2.05. The summed E-state index contributed by atoms with van der Waals surface area (Å²) in [7, 11) is 0. The van der Waals surface area contributed by atoms with Gasteiger partial charge in [0.2, 0.25) is 5.91 Å². The summed E-state index contributed by atoms with van der Waals surface area (Å²) in [6.45, 7) is 6.98. The van der Waals surface area contributed by atoms with E-state index in [0.29, 0.717) is 17.4 Å². The lowest BCUT2D eigenvalue weighted by Crippen LogP contribution is -2.26. The van der Waals surface area contributed by atoms with E-state index in [1.165, 1.54) is 10.4 Å². The maximum absolute atomic E-state index is 12.9. The number of aliphatic hydroxyl groups is 1. The fourth-order valence-electron chi connectivity index (χ4n) is 4.20. The van der Waals surface area contributed by atoms with Crippen LogP contribution in [0.25, 0.3) is 5.00 Å². The van der Waals surface area contributed by atoms with Crippen LogP contribution in [0, 0.1) is 20.8 Å². The fraction of sp³-hybridized carbons (Fsp3) is 0.440. The highest BCUT2D eigenvalue weighted by Gasteiger charge is 2.32. The van der Waals surface area contributed by atoms with E-state index in [1.54, 1.807) is 11.3 Å². The lowest BCUT2D eigenvalue weighted by Gasteiger charge is -2.13. The van der Waals surface area contributed by atoms with E-state index in [-0.39, 0.29) is 18.9 Å². The minimum atomic E-state index is -0.458. The largest absolute Gasteiger partial charge is 0.396 e. The molecule has 2 N–H and O–H groups in total. The summed E-state index contributed by atoms with van der Waals surface area (Å²) in [6.07, 6.45) is 3.83. The van der Waals surface area contributed by atoms with Gasteiger partial charge in [0.15, 0.2) is 5.82 Å². The van der Waals surface area contributed by atoms with Crippen LogP contribution < -0.4 is 5.32 Å². The highest BCUT2D eigenvalue weighted by Crippen LogP contribution is 2.39. The molecule has 1 amide bonds. The van der Waals surface area contributed by atoms with E-state index in [2.05, 4.69) is 33.9 Å². The number of fused-ring (bicyclic) bond motifs is 3. The summed E-state index contributed by atoms with van der Waals surface area (Å²) >= 11 is 7.85. The maximum atomic E-state index is 12.9. The summed E-state index contributed by atoms with van der Waals surface area (Å²) in [4.78, 5) is 19.2. The van der Waals surface area contributed by atoms with Crippen molar-refractivity contribution < 1.29 is 9.90 Å². The van der Waals surface area contributed by atoms with Gasteiger partial charge >= 0.3 is 0 Å². The Hall–Kier alpha value is -2.55. The fourth-order valence-corrected chi connectivity index (χ4v) is 5.54. The molecule has 1 aliphatic rings. The summed E-state index contributed by atoms with van der Waals surface area (Å²) in [5.74, 6) is 1.40. The van der Waals surface area contributed by atoms with E-state index >= 15 is 0 Å². The van der Waals surface area contributed by atoms with Crippen LogP contribution in [-0.2, 0) is 4.79 Å². The van der Waals surface area contributed by atoms with E-state index in [9.17, 15) is 4.79 Å². The number of hydrogen-bond donors (Lipinski definition) is 2. The predicted octanol–water partition coefficient (Wildman–Crippen LogP) is 4.86. The summed E-state index contributed by atoms with van der Waals surface area (Å²) in [5, 5.41) is 22.4. The third-order valence-corrected chi connectivity index (χ3v) is 7.59.